The summed E-state index contributed by atoms with van der Waals surface area (Å²) in [5.74, 6) is -0.600. The Kier molecular flexibility index (Phi) is 4.90. The molecule has 1 aromatic heterocycles. The minimum absolute atomic E-state index is 0.00864. The van der Waals surface area contributed by atoms with Gasteiger partial charge in [0.25, 0.3) is 0 Å². The molecule has 0 bridgehead atoms. The molecule has 9 nitrogen and oxygen atoms in total. The van der Waals surface area contributed by atoms with Crippen LogP contribution in [-0.4, -0.2) is 34.5 Å². The molecule has 0 saturated heterocycles. The average Bonchev–Trinajstić information content (AvgIpc) is 3.00. The first-order valence-electron chi connectivity index (χ1n) is 8.20. The third-order valence-electron chi connectivity index (χ3n) is 4.08. The van der Waals surface area contributed by atoms with Crippen molar-refractivity contribution in [3.8, 4) is 23.4 Å². The van der Waals surface area contributed by atoms with Gasteiger partial charge in [-0.05, 0) is 31.5 Å². The number of carboxylic acids is 1. The lowest BCUT2D eigenvalue weighted by atomic mass is 9.84. The molecule has 1 aromatic carbocycles. The van der Waals surface area contributed by atoms with Crippen LogP contribution < -0.4 is 19.9 Å². The number of hydrogen-bond acceptors (Lipinski definition) is 7. The van der Waals surface area contributed by atoms with Crippen LogP contribution in [0.3, 0.4) is 0 Å². The van der Waals surface area contributed by atoms with E-state index < -0.39 is 18.5 Å². The fraction of sp³-hybridized carbons (Fsp3) is 0.278. The molecule has 3 rings (SSSR count). The fourth-order valence-electron chi connectivity index (χ4n) is 2.96. The number of aromatic amines is 1. The van der Waals surface area contributed by atoms with Crippen molar-refractivity contribution >= 4 is 5.97 Å². The first kappa shape index (κ1) is 18.1. The van der Waals surface area contributed by atoms with E-state index in [0.29, 0.717) is 29.5 Å². The second kappa shape index (κ2) is 7.29. The Morgan fingerprint density at radius 3 is 2.89 bits per heavy atom. The molecular weight excluding hydrogens is 352 g/mol. The van der Waals surface area contributed by atoms with E-state index in [1.807, 2.05) is 6.92 Å². The van der Waals surface area contributed by atoms with Gasteiger partial charge in [0.1, 0.15) is 11.6 Å². The number of allylic oxidation sites excluding steroid dienone is 1. The number of rotatable bonds is 6. The Morgan fingerprint density at radius 2 is 2.22 bits per heavy atom. The van der Waals surface area contributed by atoms with Crippen LogP contribution in [-0.2, 0) is 4.79 Å². The molecule has 0 radical (unpaired) electrons. The Labute approximate surface area is 155 Å². The van der Waals surface area contributed by atoms with Gasteiger partial charge in [-0.2, -0.15) is 5.26 Å². The summed E-state index contributed by atoms with van der Waals surface area (Å²) < 4.78 is 16.3. The van der Waals surface area contributed by atoms with Crippen molar-refractivity contribution in [2.24, 2.45) is 5.73 Å². The second-order valence-electron chi connectivity index (χ2n) is 5.81. The van der Waals surface area contributed by atoms with Gasteiger partial charge in [-0.25, -0.2) is 4.79 Å². The normalized spacial score (nSPS) is 15.5. The Hall–Kier alpha value is -3.67. The van der Waals surface area contributed by atoms with Gasteiger partial charge in [0, 0.05) is 11.3 Å². The van der Waals surface area contributed by atoms with Crippen LogP contribution in [0.1, 0.15) is 29.7 Å². The third-order valence-corrected chi connectivity index (χ3v) is 4.08. The summed E-state index contributed by atoms with van der Waals surface area (Å²) in [5, 5.41) is 25.3. The summed E-state index contributed by atoms with van der Waals surface area (Å²) in [6.45, 7) is 3.50. The smallest absolute Gasteiger partial charge is 0.341 e. The first-order valence-corrected chi connectivity index (χ1v) is 8.20. The van der Waals surface area contributed by atoms with E-state index in [2.05, 4.69) is 16.3 Å². The molecule has 1 aliphatic rings. The zero-order valence-corrected chi connectivity index (χ0v) is 14.8. The molecule has 4 N–H and O–H groups in total. The molecule has 0 spiro atoms. The molecule has 2 aromatic rings. The molecule has 140 valence electrons. The summed E-state index contributed by atoms with van der Waals surface area (Å²) in [6.07, 6.45) is 0. The Bertz CT molecular complexity index is 957. The van der Waals surface area contributed by atoms with Crippen LogP contribution in [0, 0.1) is 18.3 Å². The summed E-state index contributed by atoms with van der Waals surface area (Å²) in [4.78, 5) is 10.8. The van der Waals surface area contributed by atoms with Crippen molar-refractivity contribution in [1.82, 2.24) is 10.2 Å². The quantitative estimate of drug-likeness (QED) is 0.698. The summed E-state index contributed by atoms with van der Waals surface area (Å²) in [5.41, 5.74) is 8.34. The van der Waals surface area contributed by atoms with Crippen molar-refractivity contribution < 1.29 is 24.1 Å². The van der Waals surface area contributed by atoms with Crippen molar-refractivity contribution in [2.45, 2.75) is 19.8 Å². The van der Waals surface area contributed by atoms with Crippen LogP contribution in [0.15, 0.2) is 29.7 Å². The third kappa shape index (κ3) is 3.37. The number of fused-ring (bicyclic) bond motifs is 1. The highest BCUT2D eigenvalue weighted by Gasteiger charge is 2.34. The van der Waals surface area contributed by atoms with Gasteiger partial charge < -0.3 is 25.1 Å². The number of hydrogen-bond donors (Lipinski definition) is 3. The lowest BCUT2D eigenvalue weighted by molar-refractivity contribution is -0.139. The number of ether oxygens (including phenoxy) is 3. The number of nitriles is 1. The van der Waals surface area contributed by atoms with E-state index in [-0.39, 0.29) is 11.5 Å². The SMILES string of the molecule is CCOc1cc(C2C(C#N)=C(N)Oc3n[nH]c(C)c32)ccc1OCC(=O)O. The van der Waals surface area contributed by atoms with E-state index in [9.17, 15) is 10.1 Å². The summed E-state index contributed by atoms with van der Waals surface area (Å²) in [6, 6.07) is 7.15. The standard InChI is InChI=1S/C18H18N4O5/c1-3-25-13-6-10(4-5-12(13)26-8-14(23)24)16-11(7-19)17(20)27-18-15(16)9(2)21-22-18/h4-6,16H,3,8,20H2,1-2H3,(H,21,22)(H,23,24). The number of H-pyrrole nitrogens is 1. The van der Waals surface area contributed by atoms with Gasteiger partial charge in [0.2, 0.25) is 11.8 Å². The van der Waals surface area contributed by atoms with E-state index in [4.69, 9.17) is 25.1 Å². The molecular formula is C18H18N4O5. The number of nitrogens with two attached hydrogens (primary N) is 1. The zero-order valence-electron chi connectivity index (χ0n) is 14.8. The van der Waals surface area contributed by atoms with E-state index in [1.54, 1.807) is 25.1 Å². The number of carboxylic acid groups (broad SMARTS) is 1. The van der Waals surface area contributed by atoms with Gasteiger partial charge in [-0.15, -0.1) is 5.10 Å². The van der Waals surface area contributed by atoms with Gasteiger partial charge in [0.05, 0.1) is 12.5 Å². The van der Waals surface area contributed by atoms with Gasteiger partial charge in [0.15, 0.2) is 18.1 Å². The van der Waals surface area contributed by atoms with Crippen LogP contribution in [0.4, 0.5) is 0 Å². The van der Waals surface area contributed by atoms with Crippen LogP contribution >= 0.6 is 0 Å². The zero-order chi connectivity index (χ0) is 19.6. The second-order valence-corrected chi connectivity index (χ2v) is 5.81. The molecule has 0 saturated carbocycles. The molecule has 2 heterocycles. The lowest BCUT2D eigenvalue weighted by Gasteiger charge is -2.24. The highest BCUT2D eigenvalue weighted by Crippen LogP contribution is 2.44. The highest BCUT2D eigenvalue weighted by molar-refractivity contribution is 5.68. The number of carbonyl (C=O) groups is 1. The lowest BCUT2D eigenvalue weighted by Crippen LogP contribution is -2.21. The van der Waals surface area contributed by atoms with Crippen molar-refractivity contribution in [1.29, 1.82) is 5.26 Å². The topological polar surface area (TPSA) is 143 Å². The minimum atomic E-state index is -1.09. The minimum Gasteiger partial charge on any atom is -0.490 e. The number of nitrogens with one attached hydrogen (secondary N) is 1. The molecule has 0 fully saturated rings. The maximum absolute atomic E-state index is 10.8. The molecule has 0 aliphatic carbocycles. The van der Waals surface area contributed by atoms with Gasteiger partial charge in [-0.3, -0.25) is 5.10 Å². The van der Waals surface area contributed by atoms with Crippen LogP contribution in [0.5, 0.6) is 17.4 Å². The van der Waals surface area contributed by atoms with Crippen LogP contribution in [0.25, 0.3) is 0 Å². The number of aliphatic carboxylic acids is 1. The molecule has 1 unspecified atom stereocenters. The Morgan fingerprint density at radius 1 is 1.44 bits per heavy atom. The van der Waals surface area contributed by atoms with E-state index in [1.165, 1.54) is 0 Å². The van der Waals surface area contributed by atoms with Crippen molar-refractivity contribution in [2.75, 3.05) is 13.2 Å². The molecule has 0 amide bonds. The number of nitrogens with zero attached hydrogens (tertiary/aromatic N) is 2. The fourth-order valence-corrected chi connectivity index (χ4v) is 2.96. The number of benzene rings is 1. The average molecular weight is 370 g/mol. The van der Waals surface area contributed by atoms with Gasteiger partial charge >= 0.3 is 5.97 Å². The monoisotopic (exact) mass is 370 g/mol. The predicted molar refractivity (Wildman–Crippen MR) is 93.4 cm³/mol. The van der Waals surface area contributed by atoms with Crippen LogP contribution in [0.2, 0.25) is 0 Å². The van der Waals surface area contributed by atoms with Crippen molar-refractivity contribution in [3.63, 3.8) is 0 Å². The van der Waals surface area contributed by atoms with E-state index in [0.717, 1.165) is 11.3 Å². The maximum Gasteiger partial charge on any atom is 0.341 e. The highest BCUT2D eigenvalue weighted by atomic mass is 16.5. The number of aryl methyl sites for hydroxylation is 1. The summed E-state index contributed by atoms with van der Waals surface area (Å²) in [7, 11) is 0. The maximum atomic E-state index is 10.8. The molecule has 27 heavy (non-hydrogen) atoms. The Balaban J connectivity index is 2.09. The molecule has 1 aliphatic heterocycles. The van der Waals surface area contributed by atoms with Crippen molar-refractivity contribution in [3.05, 3.63) is 46.5 Å². The first-order chi connectivity index (χ1) is 13.0. The van der Waals surface area contributed by atoms with Gasteiger partial charge in [-0.1, -0.05) is 6.07 Å². The van der Waals surface area contributed by atoms with E-state index >= 15 is 0 Å². The molecule has 9 heteroatoms. The largest absolute Gasteiger partial charge is 0.490 e. The predicted octanol–water partition coefficient (Wildman–Crippen LogP) is 1.80. The molecule has 1 atom stereocenters. The number of aromatic nitrogens is 2. The summed E-state index contributed by atoms with van der Waals surface area (Å²) >= 11 is 0.